The van der Waals surface area contributed by atoms with Crippen LogP contribution < -0.4 is 0 Å². The van der Waals surface area contributed by atoms with Crippen molar-refractivity contribution >= 4 is 11.6 Å². The monoisotopic (exact) mass is 447 g/mol. The minimum Gasteiger partial charge on any atom is -0.376 e. The Labute approximate surface area is 186 Å². The van der Waals surface area contributed by atoms with Crippen molar-refractivity contribution < 1.29 is 23.1 Å². The molecule has 1 aromatic carbocycles. The first-order chi connectivity index (χ1) is 15.1. The third-order valence-corrected chi connectivity index (χ3v) is 6.72. The van der Waals surface area contributed by atoms with Gasteiger partial charge >= 0.3 is 6.18 Å². The lowest BCUT2D eigenvalue weighted by Gasteiger charge is -2.38. The number of dihydropyridines is 1. The average molecular weight is 448 g/mol. The molecule has 32 heavy (non-hydrogen) atoms. The largest absolute Gasteiger partial charge is 0.421 e. The van der Waals surface area contributed by atoms with E-state index in [0.29, 0.717) is 43.1 Å². The van der Waals surface area contributed by atoms with Crippen LogP contribution in [0.1, 0.15) is 55.5 Å². The van der Waals surface area contributed by atoms with Crippen molar-refractivity contribution in [2.75, 3.05) is 13.1 Å². The Balaban J connectivity index is 1.63. The molecule has 1 amide bonds. The van der Waals surface area contributed by atoms with Crippen LogP contribution in [0, 0.1) is 23.2 Å². The van der Waals surface area contributed by atoms with Crippen LogP contribution in [0.15, 0.2) is 41.4 Å². The van der Waals surface area contributed by atoms with Gasteiger partial charge in [0.05, 0.1) is 0 Å². The number of hydrogen-bond donors (Lipinski definition) is 1. The lowest BCUT2D eigenvalue weighted by molar-refractivity contribution is -0.258. The molecule has 1 fully saturated rings. The topological polar surface area (TPSA) is 76.7 Å². The van der Waals surface area contributed by atoms with E-state index in [4.69, 9.17) is 5.26 Å². The summed E-state index contributed by atoms with van der Waals surface area (Å²) in [5.74, 6) is 0.562. The summed E-state index contributed by atoms with van der Waals surface area (Å²) < 4.78 is 39.2. The zero-order valence-electron chi connectivity index (χ0n) is 18.3. The van der Waals surface area contributed by atoms with E-state index in [0.717, 1.165) is 37.8 Å². The van der Waals surface area contributed by atoms with Crippen molar-refractivity contribution in [3.63, 3.8) is 0 Å². The lowest BCUT2D eigenvalue weighted by atomic mass is 9.77. The Morgan fingerprint density at radius 3 is 2.31 bits per heavy atom. The first-order valence-electron chi connectivity index (χ1n) is 10.9. The second kappa shape index (κ2) is 9.45. The van der Waals surface area contributed by atoms with Crippen LogP contribution in [0.3, 0.4) is 0 Å². The maximum atomic E-state index is 13.1. The van der Waals surface area contributed by atoms with E-state index in [1.54, 1.807) is 11.0 Å². The minimum absolute atomic E-state index is 0.0763. The van der Waals surface area contributed by atoms with Crippen molar-refractivity contribution in [1.82, 2.24) is 4.90 Å². The molecule has 1 aromatic rings. The van der Waals surface area contributed by atoms with Crippen LogP contribution >= 0.6 is 0 Å². The first kappa shape index (κ1) is 24.0. The fraction of sp³-hybridized carbons (Fsp3) is 0.542. The van der Waals surface area contributed by atoms with E-state index in [2.05, 4.69) is 17.1 Å². The Kier molecular flexibility index (Phi) is 7.09. The van der Waals surface area contributed by atoms with Crippen LogP contribution in [0.2, 0.25) is 0 Å². The Morgan fingerprint density at radius 1 is 1.22 bits per heavy atom. The number of hydrogen-bond acceptors (Lipinski definition) is 4. The zero-order valence-corrected chi connectivity index (χ0v) is 18.3. The Morgan fingerprint density at radius 2 is 1.84 bits per heavy atom. The number of alkyl halides is 3. The number of carbonyl (C=O) groups is 1. The summed E-state index contributed by atoms with van der Waals surface area (Å²) in [7, 11) is 0. The number of benzene rings is 1. The van der Waals surface area contributed by atoms with Crippen LogP contribution in [0.4, 0.5) is 13.2 Å². The summed E-state index contributed by atoms with van der Waals surface area (Å²) in [5.41, 5.74) is -2.50. The number of amides is 1. The normalized spacial score (nSPS) is 25.4. The molecule has 0 saturated heterocycles. The second-order valence-corrected chi connectivity index (χ2v) is 8.67. The number of aliphatic imine (C=N–C) groups is 1. The van der Waals surface area contributed by atoms with Crippen molar-refractivity contribution in [3.05, 3.63) is 47.5 Å². The van der Waals surface area contributed by atoms with Gasteiger partial charge in [-0.25, -0.2) is 0 Å². The molecular formula is C24H28F3N3O2. The van der Waals surface area contributed by atoms with Crippen molar-refractivity contribution in [2.45, 2.75) is 57.3 Å². The van der Waals surface area contributed by atoms with Gasteiger partial charge in [0.25, 0.3) is 5.91 Å². The van der Waals surface area contributed by atoms with Crippen molar-refractivity contribution in [2.24, 2.45) is 16.8 Å². The maximum Gasteiger partial charge on any atom is 0.421 e. The average Bonchev–Trinajstić information content (AvgIpc) is 2.79. The van der Waals surface area contributed by atoms with Gasteiger partial charge in [-0.05, 0) is 75.1 Å². The van der Waals surface area contributed by atoms with Crippen LogP contribution in [0.5, 0.6) is 0 Å². The SMILES string of the molecule is CCN(C(=O)c1ccc([C@](C)(O)C(F)(F)F)cc1)C1CCC([C@@H]2C=CC(C#N)=NC2)CC1. The Bertz CT molecular complexity index is 921. The highest BCUT2D eigenvalue weighted by Crippen LogP contribution is 2.39. The molecular weight excluding hydrogens is 419 g/mol. The molecule has 0 aromatic heterocycles. The van der Waals surface area contributed by atoms with E-state index in [1.807, 2.05) is 6.92 Å². The van der Waals surface area contributed by atoms with Crippen LogP contribution in [0.25, 0.3) is 0 Å². The number of allylic oxidation sites excluding steroid dienone is 1. The number of aliphatic hydroxyl groups is 1. The fourth-order valence-corrected chi connectivity index (χ4v) is 4.59. The minimum atomic E-state index is -4.80. The molecule has 2 atom stereocenters. The van der Waals surface area contributed by atoms with E-state index < -0.39 is 11.8 Å². The summed E-state index contributed by atoms with van der Waals surface area (Å²) in [6, 6.07) is 7.16. The van der Waals surface area contributed by atoms with Gasteiger partial charge in [-0.3, -0.25) is 9.79 Å². The molecule has 1 N–H and O–H groups in total. The summed E-state index contributed by atoms with van der Waals surface area (Å²) >= 11 is 0. The van der Waals surface area contributed by atoms with Crippen molar-refractivity contribution in [3.8, 4) is 6.07 Å². The van der Waals surface area contributed by atoms with Crippen LogP contribution in [-0.4, -0.2) is 46.9 Å². The number of rotatable bonds is 5. The van der Waals surface area contributed by atoms with Gasteiger partial charge in [0.15, 0.2) is 5.60 Å². The van der Waals surface area contributed by atoms with E-state index in [9.17, 15) is 23.1 Å². The summed E-state index contributed by atoms with van der Waals surface area (Å²) in [5, 5.41) is 18.7. The van der Waals surface area contributed by atoms with Gasteiger partial charge in [0.1, 0.15) is 11.8 Å². The van der Waals surface area contributed by atoms with Gasteiger partial charge in [-0.2, -0.15) is 18.4 Å². The molecule has 0 radical (unpaired) electrons. The molecule has 1 aliphatic heterocycles. The highest BCUT2D eigenvalue weighted by molar-refractivity contribution is 6.07. The van der Waals surface area contributed by atoms with Gasteiger partial charge in [-0.15, -0.1) is 0 Å². The predicted octanol–water partition coefficient (Wildman–Crippen LogP) is 4.63. The summed E-state index contributed by atoms with van der Waals surface area (Å²) in [4.78, 5) is 19.2. The molecule has 1 heterocycles. The second-order valence-electron chi connectivity index (χ2n) is 8.67. The molecule has 0 unspecified atom stereocenters. The zero-order chi connectivity index (χ0) is 23.5. The molecule has 3 rings (SSSR count). The van der Waals surface area contributed by atoms with Gasteiger partial charge in [-0.1, -0.05) is 18.2 Å². The van der Waals surface area contributed by atoms with Gasteiger partial charge < -0.3 is 10.0 Å². The smallest absolute Gasteiger partial charge is 0.376 e. The fourth-order valence-electron chi connectivity index (χ4n) is 4.59. The quantitative estimate of drug-likeness (QED) is 0.715. The highest BCUT2D eigenvalue weighted by Gasteiger charge is 2.51. The molecule has 5 nitrogen and oxygen atoms in total. The number of nitriles is 1. The maximum absolute atomic E-state index is 13.1. The molecule has 1 aliphatic carbocycles. The van der Waals surface area contributed by atoms with Gasteiger partial charge in [0.2, 0.25) is 0 Å². The highest BCUT2D eigenvalue weighted by atomic mass is 19.4. The summed E-state index contributed by atoms with van der Waals surface area (Å²) in [6.45, 7) is 3.73. The van der Waals surface area contributed by atoms with E-state index in [-0.39, 0.29) is 17.5 Å². The molecule has 0 spiro atoms. The predicted molar refractivity (Wildman–Crippen MR) is 115 cm³/mol. The molecule has 0 bridgehead atoms. The van der Waals surface area contributed by atoms with Crippen molar-refractivity contribution in [1.29, 1.82) is 5.26 Å². The summed E-state index contributed by atoms with van der Waals surface area (Å²) in [6.07, 6.45) is 2.65. The van der Waals surface area contributed by atoms with Crippen LogP contribution in [-0.2, 0) is 5.60 Å². The van der Waals surface area contributed by atoms with Gasteiger partial charge in [0, 0.05) is 24.7 Å². The third kappa shape index (κ3) is 4.88. The third-order valence-electron chi connectivity index (χ3n) is 6.72. The Hall–Kier alpha value is -2.66. The number of halogens is 3. The van der Waals surface area contributed by atoms with E-state index in [1.165, 1.54) is 12.1 Å². The molecule has 1 saturated carbocycles. The first-order valence-corrected chi connectivity index (χ1v) is 10.9. The lowest BCUT2D eigenvalue weighted by Crippen LogP contribution is -2.43. The molecule has 2 aliphatic rings. The standard InChI is InChI=1S/C24H28F3N3O2/c1-3-30(21-12-7-16(8-13-21)18-6-11-20(14-28)29-15-18)22(31)17-4-9-19(10-5-17)23(2,32)24(25,26)27/h4-6,9-11,16,18,21,32H,3,7-8,12-13,15H2,1-2H3/t16?,18-,21?,23+/m1/s1. The number of nitrogens with zero attached hydrogens (tertiary/aromatic N) is 3. The molecule has 172 valence electrons. The molecule has 8 heteroatoms. The number of carbonyl (C=O) groups excluding carboxylic acids is 1. The van der Waals surface area contributed by atoms with E-state index >= 15 is 0 Å².